The monoisotopic (exact) mass is 236 g/mol. The summed E-state index contributed by atoms with van der Waals surface area (Å²) in [5.41, 5.74) is 0. The molecule has 0 aromatic carbocycles. The Labute approximate surface area is 92.0 Å². The fourth-order valence-corrected chi connectivity index (χ4v) is 1.52. The molecule has 5 atom stereocenters. The summed E-state index contributed by atoms with van der Waals surface area (Å²) in [5.74, 6) is 0. The predicted molar refractivity (Wildman–Crippen MR) is 50.6 cm³/mol. The summed E-state index contributed by atoms with van der Waals surface area (Å²) in [4.78, 5) is 0.307. The minimum atomic E-state index is -1.43. The van der Waals surface area contributed by atoms with Crippen molar-refractivity contribution in [2.24, 2.45) is 5.11 Å². The van der Waals surface area contributed by atoms with Crippen molar-refractivity contribution in [3.63, 3.8) is 0 Å². The smallest absolute Gasteiger partial charge is 0.171 e. The van der Waals surface area contributed by atoms with Crippen molar-refractivity contribution in [3.8, 4) is 0 Å². The van der Waals surface area contributed by atoms with Gasteiger partial charge in [0.05, 0.1) is 6.61 Å². The average molecular weight is 236 g/mol. The van der Waals surface area contributed by atoms with E-state index in [4.69, 9.17) is 9.84 Å². The molecular weight excluding hydrogens is 220 g/mol. The third kappa shape index (κ3) is 2.86. The molecule has 0 radical (unpaired) electrons. The average Bonchev–Trinajstić information content (AvgIpc) is 2.25. The number of hydrogen-bond acceptors (Lipinski definition) is 7. The van der Waals surface area contributed by atoms with Crippen LogP contribution in [0.5, 0.6) is 0 Å². The van der Waals surface area contributed by atoms with Crippen LogP contribution in [0.3, 0.4) is 0 Å². The third-order valence-electron chi connectivity index (χ3n) is 2.45. The maximum Gasteiger partial charge on any atom is 0.171 e. The van der Waals surface area contributed by atoms with Crippen molar-refractivity contribution < 1.29 is 30.0 Å². The molecule has 1 rings (SSSR count). The van der Waals surface area contributed by atoms with E-state index in [2.05, 4.69) is 5.11 Å². The van der Waals surface area contributed by atoms with Crippen LogP contribution in [0.25, 0.3) is 0 Å². The van der Waals surface area contributed by atoms with Gasteiger partial charge in [0.15, 0.2) is 7.05 Å². The highest BCUT2D eigenvalue weighted by Gasteiger charge is 2.43. The molecule has 94 valence electrons. The van der Waals surface area contributed by atoms with Crippen LogP contribution in [0, 0.1) is 5.21 Å². The molecule has 0 bridgehead atoms. The van der Waals surface area contributed by atoms with Gasteiger partial charge in [-0.1, -0.05) is 0 Å². The van der Waals surface area contributed by atoms with Crippen molar-refractivity contribution in [2.75, 3.05) is 20.2 Å². The lowest BCUT2D eigenvalue weighted by molar-refractivity contribution is -0.500. The third-order valence-corrected chi connectivity index (χ3v) is 2.45. The van der Waals surface area contributed by atoms with Crippen LogP contribution in [-0.4, -0.2) is 76.0 Å². The molecule has 1 saturated heterocycles. The summed E-state index contributed by atoms with van der Waals surface area (Å²) in [5, 5.41) is 51.3. The molecule has 0 aliphatic carbocycles. The summed E-state index contributed by atoms with van der Waals surface area (Å²) >= 11 is 0. The minimum Gasteiger partial charge on any atom is -0.600 e. The number of aliphatic hydroxyl groups is 4. The normalized spacial score (nSPS) is 41.1. The topological polar surface area (TPSA) is 129 Å². The van der Waals surface area contributed by atoms with Crippen molar-refractivity contribution in [1.29, 1.82) is 0 Å². The number of rotatable bonds is 3. The number of azo groups is 1. The number of aliphatic hydroxyl groups excluding tert-OH is 4. The van der Waals surface area contributed by atoms with Gasteiger partial charge in [0.1, 0.15) is 37.1 Å². The maximum absolute atomic E-state index is 10.5. The Hall–Kier alpha value is -0.800. The first-order valence-electron chi connectivity index (χ1n) is 4.86. The Morgan fingerprint density at radius 1 is 1.19 bits per heavy atom. The van der Waals surface area contributed by atoms with Gasteiger partial charge in [0.25, 0.3) is 0 Å². The van der Waals surface area contributed by atoms with E-state index in [0.717, 1.165) is 0 Å². The lowest BCUT2D eigenvalue weighted by atomic mass is 9.95. The number of ether oxygens (including phenoxy) is 1. The lowest BCUT2D eigenvalue weighted by Crippen LogP contribution is -2.59. The maximum atomic E-state index is 10.5. The number of nitrogens with zero attached hydrogens (tertiary/aromatic N) is 2. The van der Waals surface area contributed by atoms with E-state index < -0.39 is 37.1 Å². The predicted octanol–water partition coefficient (Wildman–Crippen LogP) is -2.58. The second-order valence-corrected chi connectivity index (χ2v) is 3.66. The van der Waals surface area contributed by atoms with E-state index in [1.165, 1.54) is 7.05 Å². The van der Waals surface area contributed by atoms with Crippen molar-refractivity contribution in [3.05, 3.63) is 5.21 Å². The summed E-state index contributed by atoms with van der Waals surface area (Å²) in [6.45, 7) is -0.643. The molecular formula is C8H16N2O6. The van der Waals surface area contributed by atoms with Crippen LogP contribution in [0.1, 0.15) is 0 Å². The standard InChI is InChI=1S/C8H16N2O6/c1-10(15)9-2-4-6(12)8(14)7(13)5(3-11)16-4/h4-8,11-14H,2-3H2,1H3. The van der Waals surface area contributed by atoms with Gasteiger partial charge in [0.2, 0.25) is 0 Å². The van der Waals surface area contributed by atoms with Gasteiger partial charge < -0.3 is 30.4 Å². The summed E-state index contributed by atoms with van der Waals surface area (Å²) in [6.07, 6.45) is -6.05. The number of hydroxylamine groups is 1. The minimum absolute atomic E-state index is 0.151. The van der Waals surface area contributed by atoms with E-state index in [1.54, 1.807) is 0 Å². The van der Waals surface area contributed by atoms with Crippen LogP contribution in [-0.2, 0) is 4.74 Å². The first-order chi connectivity index (χ1) is 7.47. The highest BCUT2D eigenvalue weighted by atomic mass is 16.5. The molecule has 1 aliphatic rings. The molecule has 0 aromatic heterocycles. The zero-order chi connectivity index (χ0) is 12.3. The molecule has 8 nitrogen and oxygen atoms in total. The van der Waals surface area contributed by atoms with Crippen molar-refractivity contribution >= 4 is 0 Å². The first-order valence-corrected chi connectivity index (χ1v) is 4.86. The van der Waals surface area contributed by atoms with Crippen LogP contribution in [0.4, 0.5) is 0 Å². The van der Waals surface area contributed by atoms with E-state index in [-0.39, 0.29) is 6.54 Å². The molecule has 0 amide bonds. The van der Waals surface area contributed by atoms with Gasteiger partial charge in [0, 0.05) is 0 Å². The SMILES string of the molecule is C[N+]([O-])=NCC1OC(CO)C(O)C(O)C1O. The Kier molecular flexibility index (Phi) is 4.56. The molecule has 1 heterocycles. The second kappa shape index (κ2) is 5.51. The van der Waals surface area contributed by atoms with Gasteiger partial charge in [-0.15, -0.1) is 4.86 Å². The Morgan fingerprint density at radius 3 is 2.25 bits per heavy atom. The summed E-state index contributed by atoms with van der Waals surface area (Å²) in [7, 11) is 1.17. The molecule has 0 spiro atoms. The number of hydrogen-bond donors (Lipinski definition) is 4. The molecule has 5 unspecified atom stereocenters. The zero-order valence-corrected chi connectivity index (χ0v) is 8.80. The zero-order valence-electron chi connectivity index (χ0n) is 8.80. The molecule has 0 aromatic rings. The fourth-order valence-electron chi connectivity index (χ4n) is 1.52. The highest BCUT2D eigenvalue weighted by molar-refractivity contribution is 4.92. The lowest BCUT2D eigenvalue weighted by Gasteiger charge is -2.39. The summed E-state index contributed by atoms with van der Waals surface area (Å²) < 4.78 is 5.11. The van der Waals surface area contributed by atoms with E-state index >= 15 is 0 Å². The van der Waals surface area contributed by atoms with Gasteiger partial charge in [-0.25, -0.2) is 0 Å². The molecule has 4 N–H and O–H groups in total. The van der Waals surface area contributed by atoms with Crippen LogP contribution < -0.4 is 0 Å². The van der Waals surface area contributed by atoms with Gasteiger partial charge in [-0.05, 0) is 5.11 Å². The first kappa shape index (κ1) is 13.3. The van der Waals surface area contributed by atoms with Crippen LogP contribution >= 0.6 is 0 Å². The van der Waals surface area contributed by atoms with Gasteiger partial charge >= 0.3 is 0 Å². The molecule has 0 saturated carbocycles. The highest BCUT2D eigenvalue weighted by Crippen LogP contribution is 2.21. The quantitative estimate of drug-likeness (QED) is 0.242. The van der Waals surface area contributed by atoms with Crippen molar-refractivity contribution in [2.45, 2.75) is 30.5 Å². The molecule has 8 heteroatoms. The fraction of sp³-hybridized carbons (Fsp3) is 1.00. The van der Waals surface area contributed by atoms with E-state index in [0.29, 0.717) is 4.86 Å². The second-order valence-electron chi connectivity index (χ2n) is 3.66. The Bertz CT molecular complexity index is 255. The molecule has 1 aliphatic heterocycles. The van der Waals surface area contributed by atoms with Crippen LogP contribution in [0.15, 0.2) is 5.11 Å². The van der Waals surface area contributed by atoms with Gasteiger partial charge in [-0.2, -0.15) is 0 Å². The van der Waals surface area contributed by atoms with Gasteiger partial charge in [-0.3, -0.25) is 0 Å². The summed E-state index contributed by atoms with van der Waals surface area (Å²) in [6, 6.07) is 0. The largest absolute Gasteiger partial charge is 0.600 e. The van der Waals surface area contributed by atoms with Crippen molar-refractivity contribution in [1.82, 2.24) is 0 Å². The molecule has 16 heavy (non-hydrogen) atoms. The van der Waals surface area contributed by atoms with Crippen LogP contribution in [0.2, 0.25) is 0 Å². The Balaban J connectivity index is 2.67. The van der Waals surface area contributed by atoms with E-state index in [1.807, 2.05) is 0 Å². The molecule has 1 fully saturated rings. The van der Waals surface area contributed by atoms with E-state index in [9.17, 15) is 20.5 Å². The Morgan fingerprint density at radius 2 is 1.75 bits per heavy atom.